The summed E-state index contributed by atoms with van der Waals surface area (Å²) in [4.78, 5) is 22.2. The molecule has 0 fully saturated rings. The van der Waals surface area contributed by atoms with E-state index in [4.69, 9.17) is 44.6 Å². The van der Waals surface area contributed by atoms with Crippen molar-refractivity contribution in [1.82, 2.24) is 19.5 Å². The SMILES string of the molecule is CON(C)C(=O)c1cc(CN(N)/C=C(\N)c2c(-c3ccc(Cl)cc3)nc3ccccn23)ccc1Cl. The highest BCUT2D eigenvalue weighted by atomic mass is 35.5. The van der Waals surface area contributed by atoms with E-state index in [1.54, 1.807) is 36.5 Å². The van der Waals surface area contributed by atoms with Crippen molar-refractivity contribution in [2.75, 3.05) is 14.2 Å². The van der Waals surface area contributed by atoms with Crippen molar-refractivity contribution in [3.05, 3.63) is 99.9 Å². The Morgan fingerprint density at radius 1 is 1.14 bits per heavy atom. The summed E-state index contributed by atoms with van der Waals surface area (Å²) in [6.45, 7) is 0.280. The Balaban J connectivity index is 1.66. The summed E-state index contributed by atoms with van der Waals surface area (Å²) >= 11 is 12.3. The van der Waals surface area contributed by atoms with E-state index in [1.165, 1.54) is 19.2 Å². The van der Waals surface area contributed by atoms with E-state index < -0.39 is 0 Å². The molecule has 4 N–H and O–H groups in total. The maximum absolute atomic E-state index is 12.5. The predicted octanol–water partition coefficient (Wildman–Crippen LogP) is 4.57. The first-order chi connectivity index (χ1) is 16.8. The van der Waals surface area contributed by atoms with Gasteiger partial charge in [0, 0.05) is 30.0 Å². The summed E-state index contributed by atoms with van der Waals surface area (Å²) in [6.07, 6.45) is 3.52. The second-order valence-electron chi connectivity index (χ2n) is 7.80. The zero-order chi connectivity index (χ0) is 25.1. The predicted molar refractivity (Wildman–Crippen MR) is 138 cm³/mol. The fourth-order valence-electron chi connectivity index (χ4n) is 3.66. The average molecular weight is 511 g/mol. The van der Waals surface area contributed by atoms with Crippen LogP contribution in [0.25, 0.3) is 22.6 Å². The molecule has 2 aromatic heterocycles. The molecular formula is C25H24Cl2N6O2. The minimum Gasteiger partial charge on any atom is -0.396 e. The van der Waals surface area contributed by atoms with Gasteiger partial charge in [-0.15, -0.1) is 0 Å². The number of amides is 1. The van der Waals surface area contributed by atoms with Crippen molar-refractivity contribution in [2.45, 2.75) is 6.54 Å². The first-order valence-electron chi connectivity index (χ1n) is 10.6. The van der Waals surface area contributed by atoms with Crippen molar-refractivity contribution in [3.63, 3.8) is 0 Å². The third-order valence-electron chi connectivity index (χ3n) is 5.41. The molecule has 0 radical (unpaired) electrons. The third kappa shape index (κ3) is 5.26. The Morgan fingerprint density at radius 2 is 1.89 bits per heavy atom. The lowest BCUT2D eigenvalue weighted by molar-refractivity contribution is -0.0756. The molecule has 0 saturated heterocycles. The number of carbonyl (C=O) groups excluding carboxylic acids is 1. The molecule has 0 aliphatic rings. The number of carbonyl (C=O) groups is 1. The Kier molecular flexibility index (Phi) is 7.28. The number of hydrogen-bond donors (Lipinski definition) is 2. The van der Waals surface area contributed by atoms with E-state index in [0.29, 0.717) is 32.7 Å². The van der Waals surface area contributed by atoms with Crippen LogP contribution < -0.4 is 11.6 Å². The van der Waals surface area contributed by atoms with Crippen molar-refractivity contribution in [1.29, 1.82) is 0 Å². The van der Waals surface area contributed by atoms with Gasteiger partial charge in [0.2, 0.25) is 0 Å². The number of hydroxylamine groups is 2. The number of nitrogens with zero attached hydrogens (tertiary/aromatic N) is 4. The lowest BCUT2D eigenvalue weighted by Crippen LogP contribution is -2.27. The molecule has 0 saturated carbocycles. The van der Waals surface area contributed by atoms with Gasteiger partial charge < -0.3 is 10.7 Å². The lowest BCUT2D eigenvalue weighted by atomic mass is 10.1. The number of aromatic nitrogens is 2. The van der Waals surface area contributed by atoms with E-state index in [-0.39, 0.29) is 12.5 Å². The molecule has 0 aliphatic carbocycles. The van der Waals surface area contributed by atoms with Crippen molar-refractivity contribution < 1.29 is 9.63 Å². The van der Waals surface area contributed by atoms with Crippen LogP contribution in [0.2, 0.25) is 10.0 Å². The van der Waals surface area contributed by atoms with Gasteiger partial charge in [0.15, 0.2) is 0 Å². The van der Waals surface area contributed by atoms with Crippen LogP contribution in [-0.4, -0.2) is 39.5 Å². The van der Waals surface area contributed by atoms with Crippen LogP contribution in [0.1, 0.15) is 21.6 Å². The minimum atomic E-state index is -0.365. The van der Waals surface area contributed by atoms with E-state index >= 15 is 0 Å². The molecule has 4 rings (SSSR count). The Hall–Kier alpha value is -3.56. The van der Waals surface area contributed by atoms with Crippen LogP contribution in [0.5, 0.6) is 0 Å². The summed E-state index contributed by atoms with van der Waals surface area (Å²) in [7, 11) is 2.92. The molecular weight excluding hydrogens is 487 g/mol. The zero-order valence-electron chi connectivity index (χ0n) is 19.2. The molecule has 35 heavy (non-hydrogen) atoms. The normalized spacial score (nSPS) is 11.6. The van der Waals surface area contributed by atoms with Crippen LogP contribution in [0, 0.1) is 0 Å². The highest BCUT2D eigenvalue weighted by Crippen LogP contribution is 2.29. The molecule has 1 amide bonds. The molecule has 4 aromatic rings. The third-order valence-corrected chi connectivity index (χ3v) is 5.99. The van der Waals surface area contributed by atoms with Crippen LogP contribution in [0.3, 0.4) is 0 Å². The molecule has 0 bridgehead atoms. The topological polar surface area (TPSA) is 102 Å². The molecule has 8 nitrogen and oxygen atoms in total. The quantitative estimate of drug-likeness (QED) is 0.278. The molecule has 2 aromatic carbocycles. The Bertz CT molecular complexity index is 1400. The van der Waals surface area contributed by atoms with E-state index in [2.05, 4.69) is 0 Å². The van der Waals surface area contributed by atoms with Crippen LogP contribution in [0.15, 0.2) is 73.1 Å². The molecule has 0 unspecified atom stereocenters. The van der Waals surface area contributed by atoms with Gasteiger partial charge >= 0.3 is 0 Å². The van der Waals surface area contributed by atoms with Gasteiger partial charge in [-0.05, 0) is 42.0 Å². The number of pyridine rings is 1. The first-order valence-corrected chi connectivity index (χ1v) is 11.4. The second-order valence-corrected chi connectivity index (χ2v) is 8.64. The number of nitrogens with two attached hydrogens (primary N) is 2. The Morgan fingerprint density at radius 3 is 2.60 bits per heavy atom. The molecule has 0 atom stereocenters. The fraction of sp³-hybridized carbons (Fsp3) is 0.120. The first kappa shape index (κ1) is 24.6. The number of benzene rings is 2. The highest BCUT2D eigenvalue weighted by molar-refractivity contribution is 6.33. The molecule has 2 heterocycles. The van der Waals surface area contributed by atoms with Crippen LogP contribution >= 0.6 is 23.2 Å². The standard InChI is InChI=1S/C25H24Cl2N6O2/c1-31(35-2)25(34)19-13-16(6-11-20(19)27)14-32(29)15-21(28)24-23(17-7-9-18(26)10-8-17)30-22-5-3-4-12-33(22)24/h3-13,15H,14,28-29H2,1-2H3/b21-15-. The van der Waals surface area contributed by atoms with Gasteiger partial charge in [0.05, 0.1) is 41.3 Å². The number of rotatable bonds is 7. The second kappa shape index (κ2) is 10.4. The van der Waals surface area contributed by atoms with Gasteiger partial charge in [0.25, 0.3) is 5.91 Å². The number of halogens is 2. The summed E-state index contributed by atoms with van der Waals surface area (Å²) in [5.41, 5.74) is 11.1. The van der Waals surface area contributed by atoms with E-state index in [1.807, 2.05) is 40.9 Å². The van der Waals surface area contributed by atoms with Crippen LogP contribution in [0.4, 0.5) is 0 Å². The molecule has 0 spiro atoms. The maximum Gasteiger partial charge on any atom is 0.278 e. The van der Waals surface area contributed by atoms with Gasteiger partial charge in [-0.2, -0.15) is 0 Å². The zero-order valence-corrected chi connectivity index (χ0v) is 20.7. The fourth-order valence-corrected chi connectivity index (χ4v) is 3.99. The number of hydrazine groups is 1. The van der Waals surface area contributed by atoms with E-state index in [9.17, 15) is 4.79 Å². The number of imidazole rings is 1. The Labute approximate surface area is 212 Å². The van der Waals surface area contributed by atoms with Gasteiger partial charge in [-0.25, -0.2) is 15.9 Å². The van der Waals surface area contributed by atoms with Gasteiger partial charge in [0.1, 0.15) is 5.65 Å². The number of hydrogen-bond acceptors (Lipinski definition) is 6. The smallest absolute Gasteiger partial charge is 0.278 e. The van der Waals surface area contributed by atoms with Crippen molar-refractivity contribution in [2.24, 2.45) is 11.6 Å². The largest absolute Gasteiger partial charge is 0.396 e. The summed E-state index contributed by atoms with van der Waals surface area (Å²) in [5, 5.41) is 3.50. The molecule has 180 valence electrons. The highest BCUT2D eigenvalue weighted by Gasteiger charge is 2.18. The van der Waals surface area contributed by atoms with Gasteiger partial charge in [-0.1, -0.05) is 47.5 Å². The van der Waals surface area contributed by atoms with E-state index in [0.717, 1.165) is 21.8 Å². The van der Waals surface area contributed by atoms with Gasteiger partial charge in [-0.3, -0.25) is 14.0 Å². The number of fused-ring (bicyclic) bond motifs is 1. The van der Waals surface area contributed by atoms with Crippen LogP contribution in [-0.2, 0) is 11.4 Å². The molecule has 10 heteroatoms. The summed E-state index contributed by atoms with van der Waals surface area (Å²) in [6, 6.07) is 18.2. The van der Waals surface area contributed by atoms with Crippen molar-refractivity contribution >= 4 is 40.5 Å². The maximum atomic E-state index is 12.5. The van der Waals surface area contributed by atoms with Crippen molar-refractivity contribution in [3.8, 4) is 11.3 Å². The molecule has 0 aliphatic heterocycles. The average Bonchev–Trinajstić information content (AvgIpc) is 3.24. The summed E-state index contributed by atoms with van der Waals surface area (Å²) < 4.78 is 1.91. The minimum absolute atomic E-state index is 0.280. The lowest BCUT2D eigenvalue weighted by Gasteiger charge is -2.18. The monoisotopic (exact) mass is 510 g/mol. The summed E-state index contributed by atoms with van der Waals surface area (Å²) in [5.74, 6) is 5.93.